The molecule has 0 aromatic carbocycles. The van der Waals surface area contributed by atoms with E-state index in [2.05, 4.69) is 10.7 Å². The highest BCUT2D eigenvalue weighted by atomic mass is 31.2. The summed E-state index contributed by atoms with van der Waals surface area (Å²) in [5.74, 6) is -1.73. The van der Waals surface area contributed by atoms with Gasteiger partial charge in [0.15, 0.2) is 0 Å². The molecule has 2 radical (unpaired) electrons. The molecule has 0 spiro atoms. The van der Waals surface area contributed by atoms with Gasteiger partial charge in [-0.2, -0.15) is 5.26 Å². The van der Waals surface area contributed by atoms with Gasteiger partial charge in [-0.25, -0.2) is 4.67 Å². The molecule has 1 rings (SSSR count). The lowest BCUT2D eigenvalue weighted by molar-refractivity contribution is -0.144. The number of ether oxygens (including phenoxy) is 2. The summed E-state index contributed by atoms with van der Waals surface area (Å²) in [6.45, 7) is 13.3. The smallest absolute Gasteiger partial charge is 0.371 e. The van der Waals surface area contributed by atoms with Gasteiger partial charge in [-0.1, -0.05) is 0 Å². The molecule has 1 aliphatic heterocycles. The highest BCUT2D eigenvalue weighted by Gasteiger charge is 2.44. The van der Waals surface area contributed by atoms with Gasteiger partial charge in [0.25, 0.3) is 8.53 Å². The average molecular weight is 520 g/mol. The van der Waals surface area contributed by atoms with Gasteiger partial charge in [-0.15, -0.1) is 0 Å². The van der Waals surface area contributed by atoms with E-state index in [1.165, 1.54) is 6.92 Å². The lowest BCUT2D eigenvalue weighted by atomic mass is 9.94. The number of esters is 1. The highest BCUT2D eigenvalue weighted by Crippen LogP contribution is 2.56. The summed E-state index contributed by atoms with van der Waals surface area (Å²) < 4.78 is 49.6. The fourth-order valence-electron chi connectivity index (χ4n) is 3.65. The Morgan fingerprint density at radius 1 is 1.24 bits per heavy atom. The van der Waals surface area contributed by atoms with Crippen LogP contribution in [-0.4, -0.2) is 74.4 Å². The standard InChI is InChI=1S/C21H39BN2O8P2/c1-8-28-34(26,29-9-2)20(30-17(7)25)14-18-13-19(21(22)31-18)32-33(27-12-10-11-23)24(15(3)4)16(5)6/h15-16,18-21H,8-10,12-14H2,1-7H3/t18-,19-,20?,21+,33?/m0/s1. The molecule has 0 N–H and O–H groups in total. The van der Waals surface area contributed by atoms with E-state index in [0.717, 1.165) is 0 Å². The third-order valence-corrected chi connectivity index (χ3v) is 9.25. The van der Waals surface area contributed by atoms with Crippen LogP contribution >= 0.6 is 16.1 Å². The maximum absolute atomic E-state index is 13.3. The van der Waals surface area contributed by atoms with Crippen LogP contribution in [0.4, 0.5) is 0 Å². The minimum Gasteiger partial charge on any atom is -0.449 e. The summed E-state index contributed by atoms with van der Waals surface area (Å²) in [6.07, 6.45) is -0.302. The van der Waals surface area contributed by atoms with Crippen molar-refractivity contribution in [3.63, 3.8) is 0 Å². The fraction of sp³-hybridized carbons (Fsp3) is 0.905. The SMILES string of the molecule is [B][C@@H]1O[C@H](CC(OC(C)=O)P(=O)(OCC)OCC)C[C@@H]1OP(OCCC#N)N(C(C)C)C(C)C. The molecule has 1 fully saturated rings. The van der Waals surface area contributed by atoms with Gasteiger partial charge < -0.3 is 27.6 Å². The van der Waals surface area contributed by atoms with Gasteiger partial charge in [0, 0.05) is 37.9 Å². The molecule has 0 amide bonds. The van der Waals surface area contributed by atoms with Crippen molar-refractivity contribution in [2.75, 3.05) is 19.8 Å². The molecule has 194 valence electrons. The predicted molar refractivity (Wildman–Crippen MR) is 130 cm³/mol. The number of hydrogen-bond acceptors (Lipinski definition) is 10. The van der Waals surface area contributed by atoms with Gasteiger partial charge in [0.05, 0.1) is 44.5 Å². The first-order valence-electron chi connectivity index (χ1n) is 11.7. The van der Waals surface area contributed by atoms with Gasteiger partial charge >= 0.3 is 13.6 Å². The molecule has 0 aliphatic carbocycles. The number of nitriles is 1. The van der Waals surface area contributed by atoms with Crippen LogP contribution in [0.15, 0.2) is 0 Å². The van der Waals surface area contributed by atoms with Crippen molar-refractivity contribution in [2.45, 2.75) is 104 Å². The Kier molecular flexibility index (Phi) is 14.4. The van der Waals surface area contributed by atoms with E-state index in [1.807, 2.05) is 27.7 Å². The molecule has 13 heteroatoms. The molecule has 2 unspecified atom stereocenters. The first-order chi connectivity index (χ1) is 16.0. The van der Waals surface area contributed by atoms with E-state index in [0.29, 0.717) is 6.42 Å². The Bertz CT molecular complexity index is 691. The lowest BCUT2D eigenvalue weighted by Crippen LogP contribution is -2.36. The molecule has 0 aromatic rings. The second kappa shape index (κ2) is 15.5. The second-order valence-electron chi connectivity index (χ2n) is 8.32. The molecule has 1 aliphatic rings. The third kappa shape index (κ3) is 9.83. The van der Waals surface area contributed by atoms with Crippen molar-refractivity contribution in [3.8, 4) is 6.07 Å². The van der Waals surface area contributed by atoms with Crippen LogP contribution in [0.2, 0.25) is 0 Å². The Morgan fingerprint density at radius 3 is 2.29 bits per heavy atom. The topological polar surface area (TPSA) is 117 Å². The summed E-state index contributed by atoms with van der Waals surface area (Å²) in [5.41, 5.74) is 0. The quantitative estimate of drug-likeness (QED) is 0.125. The van der Waals surface area contributed by atoms with Crippen molar-refractivity contribution in [2.24, 2.45) is 0 Å². The molecule has 0 aromatic heterocycles. The normalized spacial score (nSPS) is 22.8. The Morgan fingerprint density at radius 2 is 1.82 bits per heavy atom. The minimum atomic E-state index is -3.73. The van der Waals surface area contributed by atoms with Crippen LogP contribution in [0, 0.1) is 11.3 Å². The van der Waals surface area contributed by atoms with Crippen molar-refractivity contribution >= 4 is 29.9 Å². The Balaban J connectivity index is 2.99. The van der Waals surface area contributed by atoms with Gasteiger partial charge in [-0.05, 0) is 41.5 Å². The predicted octanol–water partition coefficient (Wildman–Crippen LogP) is 4.48. The molecule has 0 saturated carbocycles. The molecule has 1 saturated heterocycles. The Labute approximate surface area is 206 Å². The van der Waals surface area contributed by atoms with Crippen molar-refractivity contribution in [1.29, 1.82) is 5.26 Å². The van der Waals surface area contributed by atoms with Crippen molar-refractivity contribution in [1.82, 2.24) is 4.67 Å². The monoisotopic (exact) mass is 520 g/mol. The number of carbonyl (C=O) groups is 1. The van der Waals surface area contributed by atoms with Gasteiger partial charge in [0.2, 0.25) is 5.85 Å². The minimum absolute atomic E-state index is 0.0791. The number of hydrogen-bond donors (Lipinski definition) is 0. The summed E-state index contributed by atoms with van der Waals surface area (Å²) >= 11 is 0. The molecule has 1 heterocycles. The molecule has 34 heavy (non-hydrogen) atoms. The first kappa shape index (κ1) is 31.5. The number of carbonyl (C=O) groups excluding carboxylic acids is 1. The lowest BCUT2D eigenvalue weighted by Gasteiger charge is -2.37. The van der Waals surface area contributed by atoms with E-state index in [9.17, 15) is 9.36 Å². The van der Waals surface area contributed by atoms with Crippen LogP contribution in [-0.2, 0) is 36.9 Å². The van der Waals surface area contributed by atoms with Gasteiger partial charge in [0.1, 0.15) is 7.85 Å². The maximum Gasteiger partial charge on any atom is 0.371 e. The van der Waals surface area contributed by atoms with Crippen molar-refractivity contribution < 1.29 is 36.9 Å². The second-order valence-corrected chi connectivity index (χ2v) is 11.9. The van der Waals surface area contributed by atoms with Crippen LogP contribution in [0.3, 0.4) is 0 Å². The molecule has 10 nitrogen and oxygen atoms in total. The highest BCUT2D eigenvalue weighted by molar-refractivity contribution is 7.54. The Hall–Kier alpha value is -0.555. The molecule has 0 bridgehead atoms. The van der Waals surface area contributed by atoms with E-state index in [4.69, 9.17) is 40.7 Å². The van der Waals surface area contributed by atoms with Crippen LogP contribution in [0.5, 0.6) is 0 Å². The zero-order chi connectivity index (χ0) is 25.9. The van der Waals surface area contributed by atoms with Crippen LogP contribution in [0.25, 0.3) is 0 Å². The molecular weight excluding hydrogens is 481 g/mol. The maximum atomic E-state index is 13.3. The molecule has 5 atom stereocenters. The zero-order valence-electron chi connectivity index (χ0n) is 21.3. The first-order valence-corrected chi connectivity index (χ1v) is 14.4. The largest absolute Gasteiger partial charge is 0.449 e. The summed E-state index contributed by atoms with van der Waals surface area (Å²) in [5, 5.41) is 8.89. The van der Waals surface area contributed by atoms with Crippen molar-refractivity contribution in [3.05, 3.63) is 0 Å². The van der Waals surface area contributed by atoms with Gasteiger partial charge in [-0.3, -0.25) is 9.36 Å². The summed E-state index contributed by atoms with van der Waals surface area (Å²) in [6, 6.07) is 1.59. The number of nitrogens with zero attached hydrogens (tertiary/aromatic N) is 2. The molecular formula is C21H39BN2O8P2. The average Bonchev–Trinajstić information content (AvgIpc) is 3.06. The fourth-order valence-corrected chi connectivity index (χ4v) is 7.29. The van der Waals surface area contributed by atoms with Crippen LogP contribution in [0.1, 0.15) is 67.7 Å². The van der Waals surface area contributed by atoms with E-state index < -0.39 is 46.1 Å². The number of rotatable bonds is 16. The van der Waals surface area contributed by atoms with E-state index in [1.54, 1.807) is 13.8 Å². The summed E-state index contributed by atoms with van der Waals surface area (Å²) in [7, 11) is 0.992. The third-order valence-electron chi connectivity index (χ3n) is 4.84. The van der Waals surface area contributed by atoms with E-state index >= 15 is 0 Å². The van der Waals surface area contributed by atoms with E-state index in [-0.39, 0.29) is 44.7 Å². The van der Waals surface area contributed by atoms with Crippen LogP contribution < -0.4 is 0 Å². The summed E-state index contributed by atoms with van der Waals surface area (Å²) in [4.78, 5) is 11.7. The zero-order valence-corrected chi connectivity index (χ0v) is 23.1.